The maximum Gasteiger partial charge on any atom is 0.274 e. The molecule has 0 radical (unpaired) electrons. The van der Waals surface area contributed by atoms with Crippen LogP contribution in [-0.2, 0) is 10.2 Å². The maximum atomic E-state index is 15.8. The topological polar surface area (TPSA) is 99.8 Å². The standard InChI is InChI=1S/C24H25F2N5O4/c1-12(2)35-20-17(19(32)27-14-5-4-6-30(21(14)33)15-7-13(15)25)18(26)31-8-16(28-22(31)29-20)24-9-23(3,10-24)34-11-24/h4-6,8,12-13,15H,7,9-11H2,1-3H3,(H,27,32)/t13-,15+,23?,24?/m1/s1. The number of pyridine rings is 1. The molecule has 0 aromatic carbocycles. The van der Waals surface area contributed by atoms with Crippen LogP contribution in [0.25, 0.3) is 5.78 Å². The van der Waals surface area contributed by atoms with Crippen molar-refractivity contribution in [3.8, 4) is 5.88 Å². The van der Waals surface area contributed by atoms with Gasteiger partial charge in [-0.2, -0.15) is 9.37 Å². The molecule has 35 heavy (non-hydrogen) atoms. The number of rotatable bonds is 6. The molecule has 0 spiro atoms. The number of imidazole rings is 1. The van der Waals surface area contributed by atoms with Gasteiger partial charge in [0.15, 0.2) is 5.56 Å². The Labute approximate surface area is 199 Å². The lowest BCUT2D eigenvalue weighted by Crippen LogP contribution is -2.45. The lowest BCUT2D eigenvalue weighted by atomic mass is 9.62. The quantitative estimate of drug-likeness (QED) is 0.539. The molecule has 2 aliphatic carbocycles. The minimum atomic E-state index is -1.09. The molecule has 9 nitrogen and oxygen atoms in total. The summed E-state index contributed by atoms with van der Waals surface area (Å²) < 4.78 is 43.2. The predicted octanol–water partition coefficient (Wildman–Crippen LogP) is 3.17. The van der Waals surface area contributed by atoms with E-state index >= 15 is 4.39 Å². The van der Waals surface area contributed by atoms with Crippen LogP contribution in [0.4, 0.5) is 14.5 Å². The number of hydrogen-bond donors (Lipinski definition) is 1. The van der Waals surface area contributed by atoms with E-state index in [0.29, 0.717) is 12.3 Å². The van der Waals surface area contributed by atoms with Gasteiger partial charge in [0.1, 0.15) is 11.9 Å². The smallest absolute Gasteiger partial charge is 0.274 e. The molecule has 5 heterocycles. The number of anilines is 1. The first-order chi connectivity index (χ1) is 16.6. The maximum absolute atomic E-state index is 15.8. The molecular weight excluding hydrogens is 460 g/mol. The average Bonchev–Trinajstić information content (AvgIpc) is 3.09. The molecule has 2 saturated carbocycles. The highest BCUT2D eigenvalue weighted by Crippen LogP contribution is 2.58. The van der Waals surface area contributed by atoms with Crippen LogP contribution >= 0.6 is 0 Å². The first-order valence-corrected chi connectivity index (χ1v) is 11.7. The Balaban J connectivity index is 1.39. The zero-order chi connectivity index (χ0) is 24.7. The third-order valence-electron chi connectivity index (χ3n) is 7.02. The van der Waals surface area contributed by atoms with E-state index in [4.69, 9.17) is 9.47 Å². The van der Waals surface area contributed by atoms with Gasteiger partial charge in [0.2, 0.25) is 17.6 Å². The molecule has 4 aliphatic rings. The van der Waals surface area contributed by atoms with Gasteiger partial charge in [0.05, 0.1) is 30.0 Å². The Hall–Kier alpha value is -3.34. The van der Waals surface area contributed by atoms with Gasteiger partial charge in [-0.1, -0.05) is 0 Å². The summed E-state index contributed by atoms with van der Waals surface area (Å²) in [6, 6.07) is 2.37. The number of carbonyl (C=O) groups excluding carboxylic acids is 1. The van der Waals surface area contributed by atoms with Crippen LogP contribution in [0.2, 0.25) is 0 Å². The Morgan fingerprint density at radius 2 is 2.09 bits per heavy atom. The highest BCUT2D eigenvalue weighted by atomic mass is 19.1. The van der Waals surface area contributed by atoms with E-state index in [1.165, 1.54) is 22.9 Å². The van der Waals surface area contributed by atoms with Crippen LogP contribution in [0.15, 0.2) is 29.3 Å². The molecule has 3 aromatic heterocycles. The summed E-state index contributed by atoms with van der Waals surface area (Å²) in [6.07, 6.45) is 3.34. The molecule has 11 heteroatoms. The molecule has 4 fully saturated rings. The van der Waals surface area contributed by atoms with E-state index in [1.807, 2.05) is 6.92 Å². The lowest BCUT2D eigenvalue weighted by Gasteiger charge is -2.41. The lowest BCUT2D eigenvalue weighted by molar-refractivity contribution is 0.0154. The van der Waals surface area contributed by atoms with E-state index in [0.717, 1.165) is 17.2 Å². The van der Waals surface area contributed by atoms with Crippen molar-refractivity contribution < 1.29 is 23.0 Å². The van der Waals surface area contributed by atoms with Gasteiger partial charge < -0.3 is 19.4 Å². The normalized spacial score (nSPS) is 28.9. The minimum absolute atomic E-state index is 0.0735. The number of halogens is 2. The second-order valence-corrected chi connectivity index (χ2v) is 10.3. The van der Waals surface area contributed by atoms with Crippen molar-refractivity contribution in [2.24, 2.45) is 0 Å². The van der Waals surface area contributed by atoms with Crippen LogP contribution in [0, 0.1) is 5.95 Å². The van der Waals surface area contributed by atoms with E-state index in [2.05, 4.69) is 15.3 Å². The molecule has 3 aromatic rings. The van der Waals surface area contributed by atoms with Gasteiger partial charge in [-0.25, -0.2) is 9.37 Å². The number of carbonyl (C=O) groups is 1. The molecule has 2 atom stereocenters. The average molecular weight is 485 g/mol. The Kier molecular flexibility index (Phi) is 4.64. The summed E-state index contributed by atoms with van der Waals surface area (Å²) in [7, 11) is 0. The number of amides is 1. The zero-order valence-electron chi connectivity index (χ0n) is 19.5. The van der Waals surface area contributed by atoms with Crippen molar-refractivity contribution in [2.75, 3.05) is 11.9 Å². The van der Waals surface area contributed by atoms with Crippen molar-refractivity contribution in [2.45, 2.75) is 69.4 Å². The molecule has 184 valence electrons. The first-order valence-electron chi connectivity index (χ1n) is 11.7. The fourth-order valence-electron chi connectivity index (χ4n) is 5.35. The first kappa shape index (κ1) is 22.1. The Bertz CT molecular complexity index is 1430. The Morgan fingerprint density at radius 3 is 2.71 bits per heavy atom. The molecule has 7 rings (SSSR count). The predicted molar refractivity (Wildman–Crippen MR) is 121 cm³/mol. The van der Waals surface area contributed by atoms with Crippen LogP contribution in [0.5, 0.6) is 5.88 Å². The summed E-state index contributed by atoms with van der Waals surface area (Å²) in [5, 5.41) is 2.46. The van der Waals surface area contributed by atoms with Crippen molar-refractivity contribution in [3.05, 3.63) is 52.1 Å². The van der Waals surface area contributed by atoms with Gasteiger partial charge in [0, 0.05) is 24.2 Å². The highest BCUT2D eigenvalue weighted by Gasteiger charge is 2.61. The largest absolute Gasteiger partial charge is 0.474 e. The summed E-state index contributed by atoms with van der Waals surface area (Å²) in [4.78, 5) is 34.9. The fraction of sp³-hybridized carbons (Fsp3) is 0.500. The van der Waals surface area contributed by atoms with Crippen LogP contribution < -0.4 is 15.6 Å². The molecule has 2 saturated heterocycles. The summed E-state index contributed by atoms with van der Waals surface area (Å²) >= 11 is 0. The highest BCUT2D eigenvalue weighted by molar-refractivity contribution is 6.05. The van der Waals surface area contributed by atoms with Crippen molar-refractivity contribution in [1.29, 1.82) is 0 Å². The fourth-order valence-corrected chi connectivity index (χ4v) is 5.35. The van der Waals surface area contributed by atoms with E-state index < -0.39 is 41.3 Å². The van der Waals surface area contributed by atoms with Gasteiger partial charge >= 0.3 is 0 Å². The second kappa shape index (κ2) is 7.33. The van der Waals surface area contributed by atoms with Gasteiger partial charge in [-0.05, 0) is 45.7 Å². The zero-order valence-corrected chi connectivity index (χ0v) is 19.5. The Morgan fingerprint density at radius 1 is 1.34 bits per heavy atom. The second-order valence-electron chi connectivity index (χ2n) is 10.3. The molecule has 2 bridgehead atoms. The minimum Gasteiger partial charge on any atom is -0.474 e. The molecule has 0 unspecified atom stereocenters. The summed E-state index contributed by atoms with van der Waals surface area (Å²) in [5.74, 6) is -1.95. The van der Waals surface area contributed by atoms with Crippen molar-refractivity contribution in [3.63, 3.8) is 0 Å². The molecular formula is C24H25F2N5O4. The van der Waals surface area contributed by atoms with E-state index in [9.17, 15) is 14.0 Å². The van der Waals surface area contributed by atoms with Crippen LogP contribution in [-0.4, -0.2) is 49.3 Å². The van der Waals surface area contributed by atoms with Gasteiger partial charge in [-0.3, -0.25) is 14.0 Å². The van der Waals surface area contributed by atoms with E-state index in [1.54, 1.807) is 20.0 Å². The third kappa shape index (κ3) is 3.43. The van der Waals surface area contributed by atoms with E-state index in [-0.39, 0.29) is 34.8 Å². The number of ether oxygens (including phenoxy) is 2. The number of fused-ring (bicyclic) bond motifs is 2. The number of nitrogens with zero attached hydrogens (tertiary/aromatic N) is 4. The number of nitrogens with one attached hydrogen (secondary N) is 1. The third-order valence-corrected chi connectivity index (χ3v) is 7.02. The number of aromatic nitrogens is 4. The summed E-state index contributed by atoms with van der Waals surface area (Å²) in [6.45, 7) is 5.99. The van der Waals surface area contributed by atoms with Crippen molar-refractivity contribution in [1.82, 2.24) is 18.9 Å². The number of hydrogen-bond acceptors (Lipinski definition) is 6. The van der Waals surface area contributed by atoms with Gasteiger partial charge in [0.25, 0.3) is 11.5 Å². The molecule has 1 N–H and O–H groups in total. The molecule has 2 aliphatic heterocycles. The number of alkyl halides is 1. The van der Waals surface area contributed by atoms with Gasteiger partial charge in [-0.15, -0.1) is 0 Å². The monoisotopic (exact) mass is 485 g/mol. The van der Waals surface area contributed by atoms with Crippen molar-refractivity contribution >= 4 is 17.4 Å². The van der Waals surface area contributed by atoms with Crippen LogP contribution in [0.3, 0.4) is 0 Å². The van der Waals surface area contributed by atoms with Crippen LogP contribution in [0.1, 0.15) is 62.1 Å². The SMILES string of the molecule is CC(C)Oc1nc2nc(C34COC(C)(C3)C4)cn2c(F)c1C(=O)Nc1cccn([C@H]2C[C@H]2F)c1=O. The summed E-state index contributed by atoms with van der Waals surface area (Å²) in [5.41, 5.74) is -0.910. The molecule has 1 amide bonds.